The van der Waals surface area contributed by atoms with Gasteiger partial charge in [0.15, 0.2) is 11.5 Å². The van der Waals surface area contributed by atoms with Gasteiger partial charge < -0.3 is 20.2 Å². The van der Waals surface area contributed by atoms with E-state index in [0.29, 0.717) is 24.5 Å². The fourth-order valence-corrected chi connectivity index (χ4v) is 3.46. The van der Waals surface area contributed by atoms with Crippen LogP contribution in [0.25, 0.3) is 11.4 Å². The summed E-state index contributed by atoms with van der Waals surface area (Å²) >= 11 is 0. The zero-order valence-corrected chi connectivity index (χ0v) is 16.4. The molecule has 29 heavy (non-hydrogen) atoms. The molecule has 2 heterocycles. The quantitative estimate of drug-likeness (QED) is 0.641. The van der Waals surface area contributed by atoms with Gasteiger partial charge in [-0.1, -0.05) is 24.3 Å². The largest absolute Gasteiger partial charge is 0.454 e. The summed E-state index contributed by atoms with van der Waals surface area (Å²) in [5.74, 6) is 2.16. The van der Waals surface area contributed by atoms with Crippen molar-refractivity contribution >= 4 is 0 Å². The van der Waals surface area contributed by atoms with Crippen LogP contribution in [0.15, 0.2) is 53.3 Å². The van der Waals surface area contributed by atoms with E-state index in [4.69, 9.17) is 15.2 Å². The number of nitrogens with zero attached hydrogens (tertiary/aromatic N) is 2. The maximum atomic E-state index is 11.9. The summed E-state index contributed by atoms with van der Waals surface area (Å²) in [5, 5.41) is 0. The molecule has 1 aliphatic rings. The first-order valence-electron chi connectivity index (χ1n) is 9.57. The first-order valence-corrected chi connectivity index (χ1v) is 9.57. The summed E-state index contributed by atoms with van der Waals surface area (Å²) in [6.45, 7) is 2.28. The Morgan fingerprint density at radius 2 is 1.86 bits per heavy atom. The fraction of sp³-hybridized carbons (Fsp3) is 0.273. The molecular formula is C22H24N4O3. The minimum atomic E-state index is -0.163. The second-order valence-electron chi connectivity index (χ2n) is 7.18. The van der Waals surface area contributed by atoms with E-state index in [-0.39, 0.29) is 12.4 Å². The summed E-state index contributed by atoms with van der Waals surface area (Å²) in [4.78, 5) is 21.5. The highest BCUT2D eigenvalue weighted by Gasteiger charge is 2.14. The van der Waals surface area contributed by atoms with Crippen LogP contribution >= 0.6 is 0 Å². The second kappa shape index (κ2) is 8.46. The van der Waals surface area contributed by atoms with Gasteiger partial charge in [-0.2, -0.15) is 0 Å². The average molecular weight is 392 g/mol. The standard InChI is InChI=1S/C22H24N4O3/c1-26(13-16-5-6-19-20(10-16)29-14-28-19)12-15-3-2-4-17(9-15)22-24-18(7-8-23)11-21(27)25-22/h2-6,9-11H,7-8,12-14,23H2,1H3,(H,24,25,27). The maximum absolute atomic E-state index is 11.9. The van der Waals surface area contributed by atoms with Crippen molar-refractivity contribution in [2.45, 2.75) is 19.5 Å². The van der Waals surface area contributed by atoms with E-state index in [9.17, 15) is 4.79 Å². The maximum Gasteiger partial charge on any atom is 0.251 e. The molecule has 0 fully saturated rings. The number of hydrogen-bond acceptors (Lipinski definition) is 6. The van der Waals surface area contributed by atoms with E-state index < -0.39 is 0 Å². The minimum absolute atomic E-state index is 0.163. The molecule has 0 saturated heterocycles. The van der Waals surface area contributed by atoms with Crippen LogP contribution in [0.5, 0.6) is 11.5 Å². The molecule has 7 nitrogen and oxygen atoms in total. The third kappa shape index (κ3) is 4.64. The van der Waals surface area contributed by atoms with Crippen molar-refractivity contribution in [3.63, 3.8) is 0 Å². The highest BCUT2D eigenvalue weighted by atomic mass is 16.7. The molecule has 0 aliphatic carbocycles. The summed E-state index contributed by atoms with van der Waals surface area (Å²) in [6.07, 6.45) is 0.578. The summed E-state index contributed by atoms with van der Waals surface area (Å²) in [7, 11) is 2.07. The molecule has 0 spiro atoms. The highest BCUT2D eigenvalue weighted by molar-refractivity contribution is 5.56. The van der Waals surface area contributed by atoms with Gasteiger partial charge in [0.25, 0.3) is 5.56 Å². The van der Waals surface area contributed by atoms with Gasteiger partial charge in [0.1, 0.15) is 5.82 Å². The number of nitrogens with two attached hydrogens (primary N) is 1. The lowest BCUT2D eigenvalue weighted by Crippen LogP contribution is -2.17. The van der Waals surface area contributed by atoms with Crippen LogP contribution in [0.2, 0.25) is 0 Å². The molecule has 0 amide bonds. The molecular weight excluding hydrogens is 368 g/mol. The highest BCUT2D eigenvalue weighted by Crippen LogP contribution is 2.32. The van der Waals surface area contributed by atoms with Crippen molar-refractivity contribution in [1.29, 1.82) is 0 Å². The first kappa shape index (κ1) is 19.2. The zero-order chi connectivity index (χ0) is 20.2. The molecule has 0 unspecified atom stereocenters. The molecule has 0 atom stereocenters. The van der Waals surface area contributed by atoms with E-state index in [1.54, 1.807) is 0 Å². The Balaban J connectivity index is 1.48. The lowest BCUT2D eigenvalue weighted by molar-refractivity contribution is 0.174. The Kier molecular flexibility index (Phi) is 5.59. The van der Waals surface area contributed by atoms with Crippen LogP contribution in [0.4, 0.5) is 0 Å². The van der Waals surface area contributed by atoms with Crippen molar-refractivity contribution < 1.29 is 9.47 Å². The molecule has 3 N–H and O–H groups in total. The van der Waals surface area contributed by atoms with Crippen LogP contribution in [-0.2, 0) is 19.5 Å². The van der Waals surface area contributed by atoms with Crippen molar-refractivity contribution in [3.8, 4) is 22.9 Å². The van der Waals surface area contributed by atoms with Gasteiger partial charge in [-0.3, -0.25) is 9.69 Å². The van der Waals surface area contributed by atoms with Gasteiger partial charge in [0.05, 0.1) is 0 Å². The third-order valence-corrected chi connectivity index (χ3v) is 4.74. The van der Waals surface area contributed by atoms with E-state index >= 15 is 0 Å². The monoisotopic (exact) mass is 392 g/mol. The molecule has 1 aromatic heterocycles. The molecule has 0 radical (unpaired) electrons. The van der Waals surface area contributed by atoms with E-state index in [0.717, 1.165) is 41.3 Å². The van der Waals surface area contributed by atoms with Crippen molar-refractivity contribution in [3.05, 3.63) is 75.7 Å². The first-order chi connectivity index (χ1) is 14.1. The molecule has 7 heteroatoms. The third-order valence-electron chi connectivity index (χ3n) is 4.74. The van der Waals surface area contributed by atoms with Gasteiger partial charge >= 0.3 is 0 Å². The lowest BCUT2D eigenvalue weighted by atomic mass is 10.1. The summed E-state index contributed by atoms with van der Waals surface area (Å²) in [5.41, 5.74) is 9.32. The van der Waals surface area contributed by atoms with Crippen molar-refractivity contribution in [1.82, 2.24) is 14.9 Å². The molecule has 0 saturated carbocycles. The second-order valence-corrected chi connectivity index (χ2v) is 7.18. The summed E-state index contributed by atoms with van der Waals surface area (Å²) in [6, 6.07) is 15.6. The SMILES string of the molecule is CN(Cc1cccc(-c2nc(CCN)cc(=O)[nH]2)c1)Cc1ccc2c(c1)OCO2. The number of nitrogens with one attached hydrogen (secondary N) is 1. The molecule has 2 aromatic carbocycles. The van der Waals surface area contributed by atoms with Crippen LogP contribution in [0.1, 0.15) is 16.8 Å². The Bertz CT molecular complexity index is 1060. The van der Waals surface area contributed by atoms with Gasteiger partial charge in [-0.25, -0.2) is 4.98 Å². The number of fused-ring (bicyclic) bond motifs is 1. The number of H-pyrrole nitrogens is 1. The van der Waals surface area contributed by atoms with Crippen LogP contribution in [-0.4, -0.2) is 35.3 Å². The van der Waals surface area contributed by atoms with Crippen LogP contribution in [0, 0.1) is 0 Å². The normalized spacial score (nSPS) is 12.5. The minimum Gasteiger partial charge on any atom is -0.454 e. The number of hydrogen-bond donors (Lipinski definition) is 2. The Morgan fingerprint density at radius 3 is 2.69 bits per heavy atom. The van der Waals surface area contributed by atoms with E-state index in [1.165, 1.54) is 6.07 Å². The lowest BCUT2D eigenvalue weighted by Gasteiger charge is -2.17. The number of rotatable bonds is 7. The predicted octanol–water partition coefficient (Wildman–Crippen LogP) is 2.30. The topological polar surface area (TPSA) is 93.5 Å². The van der Waals surface area contributed by atoms with Crippen molar-refractivity contribution in [2.24, 2.45) is 5.73 Å². The zero-order valence-electron chi connectivity index (χ0n) is 16.4. The smallest absolute Gasteiger partial charge is 0.251 e. The summed E-state index contributed by atoms with van der Waals surface area (Å²) < 4.78 is 10.8. The number of ether oxygens (including phenoxy) is 2. The fourth-order valence-electron chi connectivity index (χ4n) is 3.46. The van der Waals surface area contributed by atoms with Crippen LogP contribution < -0.4 is 20.8 Å². The van der Waals surface area contributed by atoms with Crippen molar-refractivity contribution in [2.75, 3.05) is 20.4 Å². The molecule has 150 valence electrons. The van der Waals surface area contributed by atoms with Gasteiger partial charge in [0, 0.05) is 36.8 Å². The van der Waals surface area contributed by atoms with E-state index in [1.807, 2.05) is 24.3 Å². The number of benzene rings is 2. The molecule has 3 aromatic rings. The van der Waals surface area contributed by atoms with Gasteiger partial charge in [-0.15, -0.1) is 0 Å². The molecule has 1 aliphatic heterocycles. The number of aromatic nitrogens is 2. The van der Waals surface area contributed by atoms with E-state index in [2.05, 4.69) is 40.1 Å². The van der Waals surface area contributed by atoms with Crippen LogP contribution in [0.3, 0.4) is 0 Å². The Morgan fingerprint density at radius 1 is 1.07 bits per heavy atom. The van der Waals surface area contributed by atoms with Gasteiger partial charge in [0.2, 0.25) is 6.79 Å². The van der Waals surface area contributed by atoms with Gasteiger partial charge in [-0.05, 0) is 42.9 Å². The Labute approximate surface area is 169 Å². The molecule has 0 bridgehead atoms. The number of aromatic amines is 1. The average Bonchev–Trinajstić information content (AvgIpc) is 3.16. The predicted molar refractivity (Wildman–Crippen MR) is 111 cm³/mol. The Hall–Kier alpha value is -3.16. The molecule has 4 rings (SSSR count).